The first-order valence-corrected chi connectivity index (χ1v) is 15.4. The molecular weight excluding hydrogens is 525 g/mol. The highest BCUT2D eigenvalue weighted by molar-refractivity contribution is 5.75. The number of halogens is 3. The van der Waals surface area contributed by atoms with Gasteiger partial charge in [-0.1, -0.05) is 49.7 Å². The van der Waals surface area contributed by atoms with E-state index in [1.54, 1.807) is 0 Å². The predicted octanol–water partition coefficient (Wildman–Crippen LogP) is 9.29. The molecule has 2 fully saturated rings. The van der Waals surface area contributed by atoms with Gasteiger partial charge in [-0.2, -0.15) is 13.2 Å². The van der Waals surface area contributed by atoms with Crippen molar-refractivity contribution in [1.82, 2.24) is 0 Å². The van der Waals surface area contributed by atoms with Crippen molar-refractivity contribution in [2.24, 2.45) is 34.5 Å². The summed E-state index contributed by atoms with van der Waals surface area (Å²) in [7, 11) is 0. The van der Waals surface area contributed by atoms with Crippen LogP contribution in [0.5, 0.6) is 5.75 Å². The van der Waals surface area contributed by atoms with Crippen molar-refractivity contribution in [3.05, 3.63) is 65.2 Å². The number of rotatable bonds is 8. The van der Waals surface area contributed by atoms with Gasteiger partial charge >= 0.3 is 12.1 Å². The van der Waals surface area contributed by atoms with Gasteiger partial charge in [-0.3, -0.25) is 4.79 Å². The molecule has 0 spiro atoms. The second-order valence-electron chi connectivity index (χ2n) is 14.0. The maximum atomic E-state index is 14.4. The van der Waals surface area contributed by atoms with Crippen molar-refractivity contribution in [3.8, 4) is 5.75 Å². The van der Waals surface area contributed by atoms with Crippen molar-refractivity contribution >= 4 is 5.97 Å². The molecule has 2 aromatic rings. The molecule has 5 rings (SSSR count). The van der Waals surface area contributed by atoms with Gasteiger partial charge in [0.1, 0.15) is 12.4 Å². The lowest BCUT2D eigenvalue weighted by atomic mass is 9.52. The lowest BCUT2D eigenvalue weighted by molar-refractivity contribution is -0.208. The molecule has 3 nitrogen and oxygen atoms in total. The maximum absolute atomic E-state index is 14.4. The van der Waals surface area contributed by atoms with Gasteiger partial charge in [0.15, 0.2) is 0 Å². The van der Waals surface area contributed by atoms with Gasteiger partial charge in [0.2, 0.25) is 0 Å². The topological polar surface area (TPSA) is 35.5 Å². The van der Waals surface area contributed by atoms with Crippen LogP contribution in [0.15, 0.2) is 48.5 Å². The molecule has 41 heavy (non-hydrogen) atoms. The van der Waals surface area contributed by atoms with Crippen LogP contribution in [0.4, 0.5) is 13.2 Å². The molecule has 0 aliphatic heterocycles. The molecule has 3 unspecified atom stereocenters. The van der Waals surface area contributed by atoms with Gasteiger partial charge in [0.25, 0.3) is 0 Å². The third-order valence-corrected chi connectivity index (χ3v) is 10.3. The van der Waals surface area contributed by atoms with Crippen LogP contribution < -0.4 is 4.74 Å². The maximum Gasteiger partial charge on any atom is 0.392 e. The van der Waals surface area contributed by atoms with Crippen LogP contribution in [-0.2, 0) is 22.6 Å². The molecule has 0 bridgehead atoms. The van der Waals surface area contributed by atoms with Crippen molar-refractivity contribution in [2.75, 3.05) is 6.61 Å². The number of hydrogen-bond acceptors (Lipinski definition) is 3. The van der Waals surface area contributed by atoms with Crippen molar-refractivity contribution < 1.29 is 27.4 Å². The Morgan fingerprint density at radius 2 is 1.78 bits per heavy atom. The highest BCUT2D eigenvalue weighted by atomic mass is 19.4. The van der Waals surface area contributed by atoms with E-state index in [1.807, 2.05) is 64.1 Å². The summed E-state index contributed by atoms with van der Waals surface area (Å²) in [5, 5.41) is 0. The Hall–Kier alpha value is -2.50. The van der Waals surface area contributed by atoms with Gasteiger partial charge < -0.3 is 9.47 Å². The predicted molar refractivity (Wildman–Crippen MR) is 155 cm³/mol. The number of fused-ring (bicyclic) bond motifs is 5. The molecule has 3 aliphatic carbocycles. The molecular formula is C35H45F3O3. The molecule has 0 N–H and O–H groups in total. The number of ether oxygens (including phenoxy) is 2. The molecule has 2 aromatic carbocycles. The van der Waals surface area contributed by atoms with Crippen LogP contribution in [-0.4, -0.2) is 18.8 Å². The van der Waals surface area contributed by atoms with Crippen LogP contribution in [0.2, 0.25) is 0 Å². The first-order chi connectivity index (χ1) is 19.4. The number of esters is 1. The van der Waals surface area contributed by atoms with Gasteiger partial charge in [-0.05, 0) is 124 Å². The van der Waals surface area contributed by atoms with Gasteiger partial charge in [0, 0.05) is 0 Å². The summed E-state index contributed by atoms with van der Waals surface area (Å²) in [6, 6.07) is 16.5. The molecule has 6 heteroatoms. The second-order valence-corrected chi connectivity index (χ2v) is 14.0. The smallest absolute Gasteiger partial charge is 0.392 e. The first kappa shape index (κ1) is 30.0. The molecule has 0 radical (unpaired) electrons. The summed E-state index contributed by atoms with van der Waals surface area (Å²) in [5.41, 5.74) is 2.48. The lowest BCUT2D eigenvalue weighted by Gasteiger charge is -2.52. The zero-order chi connectivity index (χ0) is 29.4. The van der Waals surface area contributed by atoms with E-state index in [4.69, 9.17) is 9.47 Å². The number of carbonyl (C=O) groups excluding carboxylic acids is 1. The molecule has 0 amide bonds. The fourth-order valence-corrected chi connectivity index (χ4v) is 8.37. The average molecular weight is 571 g/mol. The van der Waals surface area contributed by atoms with Crippen molar-refractivity contribution in [2.45, 2.75) is 97.8 Å². The van der Waals surface area contributed by atoms with Crippen molar-refractivity contribution in [1.29, 1.82) is 0 Å². The average Bonchev–Trinajstić information content (AvgIpc) is 3.24. The van der Waals surface area contributed by atoms with E-state index in [2.05, 4.69) is 12.1 Å². The second kappa shape index (κ2) is 11.6. The Labute approximate surface area is 243 Å². The Bertz CT molecular complexity index is 1200. The molecule has 0 heterocycles. The quantitative estimate of drug-likeness (QED) is 0.234. The van der Waals surface area contributed by atoms with Crippen molar-refractivity contribution in [3.63, 3.8) is 0 Å². The minimum atomic E-state index is -4.17. The molecule has 0 aromatic heterocycles. The Balaban J connectivity index is 1.29. The highest BCUT2D eigenvalue weighted by Crippen LogP contribution is 2.68. The minimum Gasteiger partial charge on any atom is -0.489 e. The zero-order valence-corrected chi connectivity index (χ0v) is 24.9. The molecule has 2 saturated carbocycles. The number of benzene rings is 2. The van der Waals surface area contributed by atoms with E-state index in [0.717, 1.165) is 43.4 Å². The normalized spacial score (nSPS) is 29.3. The van der Waals surface area contributed by atoms with Crippen LogP contribution in [0.3, 0.4) is 0 Å². The van der Waals surface area contributed by atoms with Gasteiger partial charge in [0.05, 0.1) is 17.9 Å². The summed E-state index contributed by atoms with van der Waals surface area (Å²) >= 11 is 0. The fourth-order valence-electron chi connectivity index (χ4n) is 8.37. The van der Waals surface area contributed by atoms with E-state index in [1.165, 1.54) is 11.1 Å². The fraction of sp³-hybridized carbons (Fsp3) is 0.629. The zero-order valence-electron chi connectivity index (χ0n) is 24.9. The molecule has 0 saturated heterocycles. The Kier molecular flexibility index (Phi) is 8.51. The summed E-state index contributed by atoms with van der Waals surface area (Å²) in [6.07, 6.45) is 1.56. The van der Waals surface area contributed by atoms with E-state index < -0.39 is 22.9 Å². The van der Waals surface area contributed by atoms with Crippen LogP contribution >= 0.6 is 0 Å². The van der Waals surface area contributed by atoms with E-state index in [9.17, 15) is 18.0 Å². The molecule has 3 aliphatic rings. The van der Waals surface area contributed by atoms with Gasteiger partial charge in [-0.25, -0.2) is 0 Å². The summed E-state index contributed by atoms with van der Waals surface area (Å²) in [6.45, 7) is 8.27. The first-order valence-electron chi connectivity index (χ1n) is 15.4. The van der Waals surface area contributed by atoms with Crippen LogP contribution in [0.25, 0.3) is 0 Å². The number of carbonyl (C=O) groups is 1. The minimum absolute atomic E-state index is 0.0489. The standard InChI is InChI=1S/C35H45F3O3/c1-33(2,3)32(39)40-19-9-8-12-25-21-30(35(36,37)38)34(4)18-17-28-27-16-14-26(41-22-23-10-6-5-7-11-23)20-24(27)13-15-29(28)31(25)34/h5-7,10-11,14,16,20,25,28-31H,8-9,12-13,15,17-19,21-22H2,1-4H3/t25-,28?,29?,30+,31?,34-/m1/s1. The van der Waals surface area contributed by atoms with Crippen LogP contribution in [0.1, 0.15) is 95.2 Å². The summed E-state index contributed by atoms with van der Waals surface area (Å²) in [5.74, 6) is 0.0813. The van der Waals surface area contributed by atoms with Crippen LogP contribution in [0, 0.1) is 34.5 Å². The van der Waals surface area contributed by atoms with Gasteiger partial charge in [-0.15, -0.1) is 0 Å². The van der Waals surface area contributed by atoms with E-state index >= 15 is 0 Å². The SMILES string of the molecule is CC(C)(C)C(=O)OCCCC[C@@H]1C[C@H](C(F)(F)F)[C@@]2(C)CCC3c4ccc(OCc5ccccc5)cc4CCC3C12. The lowest BCUT2D eigenvalue weighted by Crippen LogP contribution is -2.46. The number of unbranched alkanes of at least 4 members (excludes halogenated alkanes) is 1. The number of hydrogen-bond donors (Lipinski definition) is 0. The Morgan fingerprint density at radius 1 is 1.02 bits per heavy atom. The monoisotopic (exact) mass is 570 g/mol. The summed E-state index contributed by atoms with van der Waals surface area (Å²) in [4.78, 5) is 12.1. The largest absolute Gasteiger partial charge is 0.489 e. The Morgan fingerprint density at radius 3 is 2.49 bits per heavy atom. The number of alkyl halides is 3. The van der Waals surface area contributed by atoms with E-state index in [-0.39, 0.29) is 30.1 Å². The van der Waals surface area contributed by atoms with E-state index in [0.29, 0.717) is 32.0 Å². The highest BCUT2D eigenvalue weighted by Gasteiger charge is 2.64. The molecule has 6 atom stereocenters. The summed E-state index contributed by atoms with van der Waals surface area (Å²) < 4.78 is 54.8. The molecule has 224 valence electrons. The third-order valence-electron chi connectivity index (χ3n) is 10.3. The third kappa shape index (κ3) is 6.32. The number of aryl methyl sites for hydroxylation is 1.